The number of hydrogen-bond donors (Lipinski definition) is 3. The second kappa shape index (κ2) is 22.9. The van der Waals surface area contributed by atoms with Gasteiger partial charge < -0.3 is 39.4 Å². The van der Waals surface area contributed by atoms with E-state index in [1.54, 1.807) is 11.8 Å². The number of carbonyl (C=O) groups excluding carboxylic acids is 3. The number of ketones is 1. The summed E-state index contributed by atoms with van der Waals surface area (Å²) in [4.78, 5) is 43.6. The van der Waals surface area contributed by atoms with Crippen molar-refractivity contribution in [2.24, 2.45) is 5.41 Å². The monoisotopic (exact) mass is 799 g/mol. The number of hydrogen-bond acceptors (Lipinski definition) is 12. The van der Waals surface area contributed by atoms with Gasteiger partial charge in [-0.15, -0.1) is 11.3 Å². The van der Waals surface area contributed by atoms with Crippen LogP contribution < -0.4 is 10.6 Å². The highest BCUT2D eigenvalue weighted by Crippen LogP contribution is 2.28. The first-order chi connectivity index (χ1) is 25.5. The predicted octanol–water partition coefficient (Wildman–Crippen LogP) is 6.15. The summed E-state index contributed by atoms with van der Waals surface area (Å²) in [6, 6.07) is -0.744. The molecule has 12 nitrogen and oxygen atoms in total. The molecule has 310 valence electrons. The van der Waals surface area contributed by atoms with Crippen LogP contribution in [0.5, 0.6) is 0 Å². The highest BCUT2D eigenvalue weighted by atomic mass is 32.2. The number of Topliss-reactive ketones (excluding diaryl/α,β-unsaturated/α-hetero) is 1. The van der Waals surface area contributed by atoms with Gasteiger partial charge >= 0.3 is 0 Å². The van der Waals surface area contributed by atoms with Gasteiger partial charge in [-0.25, -0.2) is 4.98 Å². The molecule has 2 fully saturated rings. The molecule has 3 heterocycles. The molecule has 54 heavy (non-hydrogen) atoms. The molecular formula is C40H69N3O9S2. The van der Waals surface area contributed by atoms with Gasteiger partial charge in [0.2, 0.25) is 11.8 Å². The Hall–Kier alpha value is -1.65. The van der Waals surface area contributed by atoms with Gasteiger partial charge in [0, 0.05) is 35.3 Å². The lowest BCUT2D eigenvalue weighted by molar-refractivity contribution is -0.241. The van der Waals surface area contributed by atoms with E-state index in [0.29, 0.717) is 50.5 Å². The third-order valence-corrected chi connectivity index (χ3v) is 11.8. The molecule has 1 aromatic heterocycles. The van der Waals surface area contributed by atoms with Gasteiger partial charge in [-0.3, -0.25) is 14.4 Å². The van der Waals surface area contributed by atoms with Crippen LogP contribution in [0.2, 0.25) is 0 Å². The summed E-state index contributed by atoms with van der Waals surface area (Å²) >= 11 is 3.10. The highest BCUT2D eigenvalue weighted by molar-refractivity contribution is 7.99. The Morgan fingerprint density at radius 2 is 1.76 bits per heavy atom. The van der Waals surface area contributed by atoms with E-state index in [1.165, 1.54) is 11.3 Å². The number of nitrogens with one attached hydrogen (secondary N) is 2. The molecule has 3 N–H and O–H groups in total. The molecule has 1 aromatic rings. The molecular weight excluding hydrogens is 731 g/mol. The second-order valence-electron chi connectivity index (χ2n) is 16.8. The van der Waals surface area contributed by atoms with E-state index in [4.69, 9.17) is 23.7 Å². The van der Waals surface area contributed by atoms with Gasteiger partial charge in [0.1, 0.15) is 22.9 Å². The highest BCUT2D eigenvalue weighted by Gasteiger charge is 2.32. The minimum Gasteiger partial charge on any atom is -0.394 e. The van der Waals surface area contributed by atoms with Crippen molar-refractivity contribution in [1.82, 2.24) is 15.6 Å². The van der Waals surface area contributed by atoms with Crippen molar-refractivity contribution >= 4 is 40.7 Å². The third-order valence-electron chi connectivity index (χ3n) is 9.77. The predicted molar refractivity (Wildman–Crippen MR) is 214 cm³/mol. The van der Waals surface area contributed by atoms with E-state index in [2.05, 4.69) is 22.5 Å². The summed E-state index contributed by atoms with van der Waals surface area (Å²) in [6.45, 7) is 17.4. The van der Waals surface area contributed by atoms with Crippen molar-refractivity contribution in [2.75, 3.05) is 37.9 Å². The van der Waals surface area contributed by atoms with Crippen molar-refractivity contribution in [3.8, 4) is 0 Å². The van der Waals surface area contributed by atoms with E-state index in [1.807, 2.05) is 53.8 Å². The van der Waals surface area contributed by atoms with E-state index in [9.17, 15) is 19.5 Å². The number of nitrogens with zero attached hydrogens (tertiary/aromatic N) is 1. The zero-order chi connectivity index (χ0) is 39.8. The zero-order valence-corrected chi connectivity index (χ0v) is 35.8. The number of amides is 2. The Labute approximate surface area is 332 Å². The molecule has 14 heteroatoms. The van der Waals surface area contributed by atoms with Crippen LogP contribution in [0.15, 0.2) is 5.38 Å². The normalized spacial score (nSPS) is 21.8. The van der Waals surface area contributed by atoms with Gasteiger partial charge in [0.05, 0.1) is 61.9 Å². The summed E-state index contributed by atoms with van der Waals surface area (Å²) in [7, 11) is 0. The second-order valence-corrected chi connectivity index (χ2v) is 18.8. The van der Waals surface area contributed by atoms with Gasteiger partial charge in [-0.05, 0) is 79.1 Å². The van der Waals surface area contributed by atoms with Gasteiger partial charge in [0.25, 0.3) is 0 Å². The molecule has 2 saturated heterocycles. The molecule has 0 saturated carbocycles. The van der Waals surface area contributed by atoms with Crippen molar-refractivity contribution in [1.29, 1.82) is 0 Å². The first-order valence-electron chi connectivity index (χ1n) is 19.9. The fraction of sp³-hybridized carbons (Fsp3) is 0.850. The summed E-state index contributed by atoms with van der Waals surface area (Å²) in [5.74, 6) is 0.737. The maximum absolute atomic E-state index is 13.5. The standard InChI is InChI=1S/C40H69N3O9S2/c1-9-12-28-25-54-35(42-28)23-41-37(47)30(27-53-26-29-13-10-15-36(51-29)52-31-14-11-20-48-32(31)24-44)43-34(46)17-21-49-40(7,8)19-22-50-39(5,6)18-16-33(45)38(2,3)4/h25,29-32,36,44H,9-24,26-27H2,1-8H3,(H,41,47)(H,43,46)/t29?,30-,31+,32?,36-/m1/s1. The number of rotatable bonds is 24. The maximum Gasteiger partial charge on any atom is 0.243 e. The number of aryl methyl sites for hydroxylation is 1. The molecule has 2 aliphatic heterocycles. The molecule has 2 aliphatic rings. The van der Waals surface area contributed by atoms with E-state index in [0.717, 1.165) is 55.6 Å². The average molecular weight is 800 g/mol. The first-order valence-corrected chi connectivity index (χ1v) is 22.0. The van der Waals surface area contributed by atoms with Gasteiger partial charge in [-0.2, -0.15) is 11.8 Å². The number of thioether (sulfide) groups is 1. The lowest BCUT2D eigenvalue weighted by atomic mass is 9.86. The molecule has 2 unspecified atom stereocenters. The third kappa shape index (κ3) is 17.7. The quantitative estimate of drug-likeness (QED) is 0.110. The topological polar surface area (TPSA) is 155 Å². The Kier molecular flexibility index (Phi) is 19.8. The fourth-order valence-electron chi connectivity index (χ4n) is 6.20. The van der Waals surface area contributed by atoms with Crippen LogP contribution >= 0.6 is 23.1 Å². The van der Waals surface area contributed by atoms with Crippen LogP contribution in [0.3, 0.4) is 0 Å². The van der Waals surface area contributed by atoms with Gasteiger partial charge in [-0.1, -0.05) is 34.1 Å². The summed E-state index contributed by atoms with van der Waals surface area (Å²) < 4.78 is 30.4. The largest absolute Gasteiger partial charge is 0.394 e. The zero-order valence-electron chi connectivity index (χ0n) is 34.2. The summed E-state index contributed by atoms with van der Waals surface area (Å²) in [5, 5.41) is 18.5. The van der Waals surface area contributed by atoms with Crippen LogP contribution in [0.25, 0.3) is 0 Å². The van der Waals surface area contributed by atoms with Crippen molar-refractivity contribution < 1.29 is 43.2 Å². The van der Waals surface area contributed by atoms with Gasteiger partial charge in [0.15, 0.2) is 6.29 Å². The molecule has 5 atom stereocenters. The van der Waals surface area contributed by atoms with E-state index >= 15 is 0 Å². The first kappa shape index (κ1) is 46.7. The molecule has 0 spiro atoms. The Bertz CT molecular complexity index is 1290. The van der Waals surface area contributed by atoms with Crippen molar-refractivity contribution in [2.45, 2.75) is 174 Å². The smallest absolute Gasteiger partial charge is 0.243 e. The van der Waals surface area contributed by atoms with Crippen LogP contribution in [0, 0.1) is 5.41 Å². The molecule has 0 radical (unpaired) electrons. The lowest BCUT2D eigenvalue weighted by Gasteiger charge is -2.36. The summed E-state index contributed by atoms with van der Waals surface area (Å²) in [5.41, 5.74) is -0.300. The molecule has 2 amide bonds. The number of carbonyl (C=O) groups is 3. The summed E-state index contributed by atoms with van der Waals surface area (Å²) in [6.07, 6.45) is 7.20. The number of aromatic nitrogens is 1. The van der Waals surface area contributed by atoms with E-state index < -0.39 is 17.2 Å². The number of thiazole rings is 1. The molecule has 3 rings (SSSR count). The number of aliphatic hydroxyl groups excluding tert-OH is 1. The average Bonchev–Trinajstić information content (AvgIpc) is 3.56. The minimum atomic E-state index is -0.744. The van der Waals surface area contributed by atoms with Crippen LogP contribution in [0.4, 0.5) is 0 Å². The SMILES string of the molecule is CCCc1csc(CNC(=O)[C@@H](CSCC2CCC[C@@H](O[C@H]3CCCOC3CO)O2)NC(=O)CCOC(C)(C)CCOC(C)(C)CCC(=O)C(C)(C)C)n1. The molecule has 0 aromatic carbocycles. The van der Waals surface area contributed by atoms with Crippen molar-refractivity contribution in [3.05, 3.63) is 16.1 Å². The lowest BCUT2D eigenvalue weighted by Crippen LogP contribution is -2.48. The Morgan fingerprint density at radius 1 is 1.02 bits per heavy atom. The Morgan fingerprint density at radius 3 is 2.48 bits per heavy atom. The van der Waals surface area contributed by atoms with Crippen molar-refractivity contribution in [3.63, 3.8) is 0 Å². The maximum atomic E-state index is 13.5. The van der Waals surface area contributed by atoms with Crippen LogP contribution in [-0.2, 0) is 51.0 Å². The minimum absolute atomic E-state index is 0.0475. The number of ether oxygens (including phenoxy) is 5. The van der Waals surface area contributed by atoms with Crippen LogP contribution in [-0.4, -0.2) is 107 Å². The molecule has 0 aliphatic carbocycles. The number of aliphatic hydroxyl groups is 1. The fourth-order valence-corrected chi connectivity index (χ4v) is 8.08. The van der Waals surface area contributed by atoms with E-state index in [-0.39, 0.29) is 67.2 Å². The molecule has 0 bridgehead atoms. The van der Waals surface area contributed by atoms with Crippen LogP contribution in [0.1, 0.15) is 130 Å². The Balaban J connectivity index is 1.47.